The zero-order valence-electron chi connectivity index (χ0n) is 12.1. The molecule has 1 aromatic rings. The molecule has 1 heterocycles. The maximum Gasteiger partial charge on any atom is 0.263 e. The normalized spacial score (nSPS) is 13.0. The van der Waals surface area contributed by atoms with E-state index < -0.39 is 9.84 Å². The lowest BCUT2D eigenvalue weighted by molar-refractivity contribution is 0.0960. The molecular weight excluding hydrogens is 298 g/mol. The Morgan fingerprint density at radius 1 is 1.40 bits per heavy atom. The van der Waals surface area contributed by atoms with Crippen LogP contribution in [0.25, 0.3) is 0 Å². The van der Waals surface area contributed by atoms with Gasteiger partial charge in [-0.3, -0.25) is 4.79 Å². The van der Waals surface area contributed by atoms with Gasteiger partial charge in [-0.05, 0) is 20.3 Å². The minimum Gasteiger partial charge on any atom is -0.396 e. The Morgan fingerprint density at radius 2 is 2.00 bits per heavy atom. The van der Waals surface area contributed by atoms with Gasteiger partial charge in [0.2, 0.25) is 0 Å². The van der Waals surface area contributed by atoms with Gasteiger partial charge < -0.3 is 16.4 Å². The number of carbonyl (C=O) groups is 1. The first-order chi connectivity index (χ1) is 9.22. The summed E-state index contributed by atoms with van der Waals surface area (Å²) in [6.07, 6.45) is 1.92. The van der Waals surface area contributed by atoms with Crippen molar-refractivity contribution in [3.8, 4) is 0 Å². The van der Waals surface area contributed by atoms with Gasteiger partial charge in [-0.15, -0.1) is 11.3 Å². The molecule has 1 aromatic heterocycles. The second-order valence-corrected chi connectivity index (χ2v) is 7.56. The van der Waals surface area contributed by atoms with E-state index in [2.05, 4.69) is 10.6 Å². The Hall–Kier alpha value is -1.28. The first kappa shape index (κ1) is 16.8. The summed E-state index contributed by atoms with van der Waals surface area (Å²) in [7, 11) is -3.50. The van der Waals surface area contributed by atoms with Gasteiger partial charge in [0, 0.05) is 18.8 Å². The molecule has 1 atom stereocenters. The molecule has 20 heavy (non-hydrogen) atoms. The van der Waals surface area contributed by atoms with Gasteiger partial charge in [0.25, 0.3) is 5.91 Å². The number of nitrogens with one attached hydrogen (secondary N) is 2. The van der Waals surface area contributed by atoms with Gasteiger partial charge in [0.05, 0.1) is 5.69 Å². The van der Waals surface area contributed by atoms with Crippen molar-refractivity contribution in [3.05, 3.63) is 4.88 Å². The van der Waals surface area contributed by atoms with Crippen LogP contribution in [-0.2, 0) is 9.84 Å². The summed E-state index contributed by atoms with van der Waals surface area (Å²) >= 11 is 1.08. The van der Waals surface area contributed by atoms with E-state index in [1.165, 1.54) is 0 Å². The third-order valence-electron chi connectivity index (χ3n) is 2.80. The lowest BCUT2D eigenvalue weighted by Crippen LogP contribution is -2.22. The van der Waals surface area contributed by atoms with Crippen LogP contribution in [0.2, 0.25) is 0 Å². The van der Waals surface area contributed by atoms with Crippen molar-refractivity contribution >= 4 is 37.8 Å². The number of anilines is 2. The standard InChI is InChI=1S/C12H21N3O3S2/c1-5-7(3)15-12-10(20(4,17)18)8(13)9(19-12)11(16)14-6-2/h7,15H,5-6,13H2,1-4H3,(H,14,16). The van der Waals surface area contributed by atoms with Crippen molar-refractivity contribution in [2.75, 3.05) is 23.9 Å². The molecule has 114 valence electrons. The number of nitrogen functional groups attached to an aromatic ring is 1. The average Bonchev–Trinajstić information content (AvgIpc) is 2.65. The van der Waals surface area contributed by atoms with Crippen LogP contribution in [0, 0.1) is 0 Å². The van der Waals surface area contributed by atoms with Gasteiger partial charge in [0.15, 0.2) is 9.84 Å². The number of carbonyl (C=O) groups excluding carboxylic acids is 1. The zero-order chi connectivity index (χ0) is 15.5. The third kappa shape index (κ3) is 3.63. The Kier molecular flexibility index (Phi) is 5.41. The summed E-state index contributed by atoms with van der Waals surface area (Å²) in [5, 5.41) is 6.17. The number of hydrogen-bond acceptors (Lipinski definition) is 6. The number of hydrogen-bond donors (Lipinski definition) is 3. The summed E-state index contributed by atoms with van der Waals surface area (Å²) in [5.41, 5.74) is 5.89. The van der Waals surface area contributed by atoms with E-state index in [1.54, 1.807) is 6.92 Å². The van der Waals surface area contributed by atoms with Crippen molar-refractivity contribution in [2.45, 2.75) is 38.1 Å². The van der Waals surface area contributed by atoms with Crippen molar-refractivity contribution < 1.29 is 13.2 Å². The van der Waals surface area contributed by atoms with Gasteiger partial charge in [-0.1, -0.05) is 6.92 Å². The highest BCUT2D eigenvalue weighted by molar-refractivity contribution is 7.91. The fourth-order valence-electron chi connectivity index (χ4n) is 1.63. The van der Waals surface area contributed by atoms with Gasteiger partial charge in [-0.25, -0.2) is 8.42 Å². The second-order valence-electron chi connectivity index (χ2n) is 4.59. The molecule has 0 radical (unpaired) electrons. The number of rotatable bonds is 6. The van der Waals surface area contributed by atoms with Crippen molar-refractivity contribution in [2.24, 2.45) is 0 Å². The summed E-state index contributed by atoms with van der Waals surface area (Å²) in [5.74, 6) is -0.350. The molecule has 1 unspecified atom stereocenters. The molecule has 6 nitrogen and oxygen atoms in total. The maximum atomic E-state index is 11.9. The third-order valence-corrected chi connectivity index (χ3v) is 5.23. The summed E-state index contributed by atoms with van der Waals surface area (Å²) in [6.45, 7) is 6.17. The van der Waals surface area contributed by atoms with Crippen molar-refractivity contribution in [1.82, 2.24) is 5.32 Å². The van der Waals surface area contributed by atoms with Gasteiger partial charge >= 0.3 is 0 Å². The van der Waals surface area contributed by atoms with Crippen LogP contribution in [0.3, 0.4) is 0 Å². The van der Waals surface area contributed by atoms with Crippen LogP contribution in [-0.4, -0.2) is 33.2 Å². The Morgan fingerprint density at radius 3 is 2.45 bits per heavy atom. The number of thiophene rings is 1. The fourth-order valence-corrected chi connectivity index (χ4v) is 4.21. The molecule has 0 bridgehead atoms. The van der Waals surface area contributed by atoms with E-state index in [0.717, 1.165) is 24.0 Å². The first-order valence-corrected chi connectivity index (χ1v) is 9.10. The Balaban J connectivity index is 3.35. The SMILES string of the molecule is CCNC(=O)c1sc(NC(C)CC)c(S(C)(=O)=O)c1N. The zero-order valence-corrected chi connectivity index (χ0v) is 13.7. The highest BCUT2D eigenvalue weighted by atomic mass is 32.2. The number of amides is 1. The van der Waals surface area contributed by atoms with E-state index >= 15 is 0 Å². The second kappa shape index (κ2) is 6.45. The van der Waals surface area contributed by atoms with E-state index in [1.807, 2.05) is 13.8 Å². The molecule has 0 aliphatic heterocycles. The summed E-state index contributed by atoms with van der Waals surface area (Å²) in [4.78, 5) is 12.2. The lowest BCUT2D eigenvalue weighted by atomic mass is 10.2. The summed E-state index contributed by atoms with van der Waals surface area (Å²) in [6, 6.07) is 0.0932. The van der Waals surface area contributed by atoms with E-state index in [0.29, 0.717) is 11.5 Å². The van der Waals surface area contributed by atoms with E-state index in [4.69, 9.17) is 5.73 Å². The van der Waals surface area contributed by atoms with Crippen LogP contribution < -0.4 is 16.4 Å². The topological polar surface area (TPSA) is 101 Å². The van der Waals surface area contributed by atoms with Crippen molar-refractivity contribution in [3.63, 3.8) is 0 Å². The fraction of sp³-hybridized carbons (Fsp3) is 0.583. The molecule has 4 N–H and O–H groups in total. The van der Waals surface area contributed by atoms with Crippen LogP contribution in [0.15, 0.2) is 4.90 Å². The first-order valence-electron chi connectivity index (χ1n) is 6.39. The molecule has 0 aromatic carbocycles. The average molecular weight is 319 g/mol. The van der Waals surface area contributed by atoms with Crippen LogP contribution in [0.4, 0.5) is 10.7 Å². The predicted octanol–water partition coefficient (Wildman–Crippen LogP) is 1.69. The minimum absolute atomic E-state index is 0.0176. The molecule has 1 amide bonds. The quantitative estimate of drug-likeness (QED) is 0.740. The summed E-state index contributed by atoms with van der Waals surface area (Å²) < 4.78 is 23.8. The number of sulfone groups is 1. The highest BCUT2D eigenvalue weighted by Crippen LogP contribution is 2.39. The van der Waals surface area contributed by atoms with Crippen molar-refractivity contribution in [1.29, 1.82) is 0 Å². The Bertz CT molecular complexity index is 593. The predicted molar refractivity (Wildman–Crippen MR) is 83.2 cm³/mol. The molecule has 0 saturated heterocycles. The molecular formula is C12H21N3O3S2. The lowest BCUT2D eigenvalue weighted by Gasteiger charge is -2.12. The minimum atomic E-state index is -3.50. The molecule has 0 aliphatic carbocycles. The largest absolute Gasteiger partial charge is 0.396 e. The van der Waals surface area contributed by atoms with Crippen LogP contribution in [0.5, 0.6) is 0 Å². The molecule has 0 fully saturated rings. The van der Waals surface area contributed by atoms with Gasteiger partial charge in [0.1, 0.15) is 14.8 Å². The molecule has 1 rings (SSSR count). The smallest absolute Gasteiger partial charge is 0.263 e. The molecule has 0 saturated carbocycles. The molecule has 0 spiro atoms. The Labute approximate surface area is 123 Å². The maximum absolute atomic E-state index is 11.9. The van der Waals surface area contributed by atoms with Gasteiger partial charge in [-0.2, -0.15) is 0 Å². The van der Waals surface area contributed by atoms with Crippen LogP contribution >= 0.6 is 11.3 Å². The van der Waals surface area contributed by atoms with E-state index in [-0.39, 0.29) is 27.4 Å². The molecule has 0 aliphatic rings. The van der Waals surface area contributed by atoms with Crippen LogP contribution in [0.1, 0.15) is 36.9 Å². The number of nitrogens with two attached hydrogens (primary N) is 1. The highest BCUT2D eigenvalue weighted by Gasteiger charge is 2.27. The van der Waals surface area contributed by atoms with E-state index in [9.17, 15) is 13.2 Å². The monoisotopic (exact) mass is 319 g/mol. The molecule has 8 heteroatoms.